The molecule has 1 aromatic rings. The maximum absolute atomic E-state index is 11.2. The van der Waals surface area contributed by atoms with Gasteiger partial charge in [-0.3, -0.25) is 4.79 Å². The van der Waals surface area contributed by atoms with Gasteiger partial charge in [0.1, 0.15) is 0 Å². The number of nitrogens with one attached hydrogen (secondary N) is 2. The van der Waals surface area contributed by atoms with Gasteiger partial charge in [-0.15, -0.1) is 0 Å². The lowest BCUT2D eigenvalue weighted by atomic mass is 9.87. The fraction of sp³-hybridized carbons (Fsp3) is 0.462. The zero-order valence-electron chi connectivity index (χ0n) is 9.62. The Balaban J connectivity index is 2.04. The van der Waals surface area contributed by atoms with Crippen LogP contribution >= 0.6 is 0 Å². The van der Waals surface area contributed by atoms with Crippen LogP contribution in [0.5, 0.6) is 0 Å². The van der Waals surface area contributed by atoms with Crippen molar-refractivity contribution in [1.29, 1.82) is 0 Å². The van der Waals surface area contributed by atoms with Crippen LogP contribution in [0.15, 0.2) is 24.3 Å². The smallest absolute Gasteiger partial charge is 0.219 e. The maximum atomic E-state index is 11.2. The molecule has 3 heteroatoms. The summed E-state index contributed by atoms with van der Waals surface area (Å²) in [5.41, 5.74) is 2.59. The number of hydrogen-bond donors (Lipinski definition) is 2. The molecule has 1 heterocycles. The largest absolute Gasteiger partial charge is 0.385 e. The van der Waals surface area contributed by atoms with Crippen LogP contribution in [0.25, 0.3) is 0 Å². The summed E-state index contributed by atoms with van der Waals surface area (Å²) in [6, 6.07) is 8.39. The molecule has 1 aliphatic rings. The zero-order chi connectivity index (χ0) is 11.4. The van der Waals surface area contributed by atoms with Crippen molar-refractivity contribution >= 4 is 11.6 Å². The first kappa shape index (κ1) is 11.0. The van der Waals surface area contributed by atoms with Crippen molar-refractivity contribution in [3.8, 4) is 0 Å². The average molecular weight is 218 g/mol. The maximum Gasteiger partial charge on any atom is 0.219 e. The molecule has 1 unspecified atom stereocenters. The van der Waals surface area contributed by atoms with Crippen LogP contribution in [0.1, 0.15) is 30.7 Å². The summed E-state index contributed by atoms with van der Waals surface area (Å²) in [5.74, 6) is 0.658. The van der Waals surface area contributed by atoms with Gasteiger partial charge in [0.25, 0.3) is 0 Å². The molecule has 2 rings (SSSR count). The molecule has 3 nitrogen and oxygen atoms in total. The van der Waals surface area contributed by atoms with Gasteiger partial charge in [0, 0.05) is 25.7 Å². The minimum Gasteiger partial charge on any atom is -0.385 e. The Morgan fingerprint density at radius 3 is 3.12 bits per heavy atom. The van der Waals surface area contributed by atoms with E-state index in [4.69, 9.17) is 0 Å². The molecule has 0 fully saturated rings. The summed E-state index contributed by atoms with van der Waals surface area (Å²) >= 11 is 0. The Morgan fingerprint density at radius 2 is 2.31 bits per heavy atom. The average Bonchev–Trinajstić information content (AvgIpc) is 2.35. The normalized spacial score (nSPS) is 18.4. The molecule has 1 aliphatic heterocycles. The number of carbonyl (C=O) groups is 1. The highest BCUT2D eigenvalue weighted by Crippen LogP contribution is 2.34. The number of amides is 1. The topological polar surface area (TPSA) is 41.1 Å². The van der Waals surface area contributed by atoms with Gasteiger partial charge in [-0.25, -0.2) is 0 Å². The molecule has 1 atom stereocenters. The molecule has 16 heavy (non-hydrogen) atoms. The van der Waals surface area contributed by atoms with Crippen molar-refractivity contribution in [2.24, 2.45) is 0 Å². The van der Waals surface area contributed by atoms with Gasteiger partial charge >= 0.3 is 0 Å². The van der Waals surface area contributed by atoms with Gasteiger partial charge in [0.05, 0.1) is 0 Å². The third-order valence-electron chi connectivity index (χ3n) is 3.21. The highest BCUT2D eigenvalue weighted by molar-refractivity contribution is 5.75. The van der Waals surface area contributed by atoms with E-state index in [2.05, 4.69) is 28.8 Å². The number of anilines is 1. The van der Waals surface area contributed by atoms with Crippen LogP contribution in [-0.2, 0) is 4.79 Å². The third-order valence-corrected chi connectivity index (χ3v) is 3.21. The van der Waals surface area contributed by atoms with E-state index >= 15 is 0 Å². The number of fused-ring (bicyclic) bond motifs is 1. The minimum atomic E-state index is 0.135. The molecule has 86 valence electrons. The van der Waals surface area contributed by atoms with Gasteiger partial charge in [-0.2, -0.15) is 0 Å². The second kappa shape index (κ2) is 5.01. The number of hydrogen-bond acceptors (Lipinski definition) is 2. The summed E-state index contributed by atoms with van der Waals surface area (Å²) in [6.45, 7) is 1.01. The van der Waals surface area contributed by atoms with E-state index < -0.39 is 0 Å². The lowest BCUT2D eigenvalue weighted by Crippen LogP contribution is -2.21. The summed E-state index contributed by atoms with van der Waals surface area (Å²) < 4.78 is 0. The van der Waals surface area contributed by atoms with Crippen molar-refractivity contribution in [2.45, 2.75) is 25.2 Å². The second-order valence-corrected chi connectivity index (χ2v) is 4.21. The first-order valence-corrected chi connectivity index (χ1v) is 5.84. The van der Waals surface area contributed by atoms with E-state index in [1.54, 1.807) is 7.05 Å². The molecule has 0 radical (unpaired) electrons. The predicted octanol–water partition coefficient (Wildman–Crippen LogP) is 2.11. The number of carbonyl (C=O) groups excluding carboxylic acids is 1. The summed E-state index contributed by atoms with van der Waals surface area (Å²) in [5, 5.41) is 6.07. The van der Waals surface area contributed by atoms with Crippen LogP contribution in [0, 0.1) is 0 Å². The Kier molecular flexibility index (Phi) is 3.44. The van der Waals surface area contributed by atoms with Crippen LogP contribution in [0.2, 0.25) is 0 Å². The number of rotatable bonds is 3. The van der Waals surface area contributed by atoms with Gasteiger partial charge in [0.2, 0.25) is 5.91 Å². The van der Waals surface area contributed by atoms with Crippen LogP contribution in [0.4, 0.5) is 5.69 Å². The van der Waals surface area contributed by atoms with E-state index in [9.17, 15) is 4.79 Å². The summed E-state index contributed by atoms with van der Waals surface area (Å²) in [7, 11) is 1.69. The summed E-state index contributed by atoms with van der Waals surface area (Å²) in [6.07, 6.45) is 2.68. The van der Waals surface area contributed by atoms with Crippen LogP contribution < -0.4 is 10.6 Å². The molecule has 0 spiro atoms. The highest BCUT2D eigenvalue weighted by Gasteiger charge is 2.19. The molecular weight excluding hydrogens is 200 g/mol. The van der Waals surface area contributed by atoms with Crippen LogP contribution in [0.3, 0.4) is 0 Å². The molecule has 0 saturated carbocycles. The first-order valence-electron chi connectivity index (χ1n) is 5.84. The highest BCUT2D eigenvalue weighted by atomic mass is 16.1. The Labute approximate surface area is 96.2 Å². The first-order chi connectivity index (χ1) is 7.81. The Morgan fingerprint density at radius 1 is 1.50 bits per heavy atom. The summed E-state index contributed by atoms with van der Waals surface area (Å²) in [4.78, 5) is 11.2. The van der Waals surface area contributed by atoms with E-state index in [0.717, 1.165) is 19.4 Å². The molecular formula is C13H18N2O. The SMILES string of the molecule is CNC(=O)CCC1CCNc2ccccc21. The fourth-order valence-corrected chi connectivity index (χ4v) is 2.28. The van der Waals surface area contributed by atoms with E-state index in [0.29, 0.717) is 12.3 Å². The van der Waals surface area contributed by atoms with Crippen molar-refractivity contribution in [3.63, 3.8) is 0 Å². The second-order valence-electron chi connectivity index (χ2n) is 4.21. The van der Waals surface area contributed by atoms with Gasteiger partial charge in [-0.05, 0) is 30.4 Å². The lowest BCUT2D eigenvalue weighted by molar-refractivity contribution is -0.120. The molecule has 0 aromatic heterocycles. The van der Waals surface area contributed by atoms with E-state index in [1.807, 2.05) is 6.07 Å². The van der Waals surface area contributed by atoms with E-state index in [-0.39, 0.29) is 5.91 Å². The quantitative estimate of drug-likeness (QED) is 0.816. The zero-order valence-corrected chi connectivity index (χ0v) is 9.62. The monoisotopic (exact) mass is 218 g/mol. The number of para-hydroxylation sites is 1. The van der Waals surface area contributed by atoms with Gasteiger partial charge < -0.3 is 10.6 Å². The Hall–Kier alpha value is -1.51. The third kappa shape index (κ3) is 2.35. The van der Waals surface area contributed by atoms with Crippen molar-refractivity contribution in [3.05, 3.63) is 29.8 Å². The molecule has 0 bridgehead atoms. The fourth-order valence-electron chi connectivity index (χ4n) is 2.28. The number of benzene rings is 1. The van der Waals surface area contributed by atoms with Crippen molar-refractivity contribution in [2.75, 3.05) is 18.9 Å². The lowest BCUT2D eigenvalue weighted by Gasteiger charge is -2.26. The minimum absolute atomic E-state index is 0.135. The van der Waals surface area contributed by atoms with Gasteiger partial charge in [0.15, 0.2) is 0 Å². The standard InChI is InChI=1S/C13H18N2O/c1-14-13(16)7-6-10-8-9-15-12-5-3-2-4-11(10)12/h2-5,10,15H,6-9H2,1H3,(H,14,16). The van der Waals surface area contributed by atoms with E-state index in [1.165, 1.54) is 11.3 Å². The van der Waals surface area contributed by atoms with Crippen molar-refractivity contribution < 1.29 is 4.79 Å². The van der Waals surface area contributed by atoms with Gasteiger partial charge in [-0.1, -0.05) is 18.2 Å². The van der Waals surface area contributed by atoms with Crippen molar-refractivity contribution in [1.82, 2.24) is 5.32 Å². The molecule has 2 N–H and O–H groups in total. The molecule has 1 amide bonds. The molecule has 0 aliphatic carbocycles. The molecule has 1 aromatic carbocycles. The van der Waals surface area contributed by atoms with Crippen LogP contribution in [-0.4, -0.2) is 19.5 Å². The molecule has 0 saturated heterocycles. The predicted molar refractivity (Wildman–Crippen MR) is 65.6 cm³/mol. The Bertz CT molecular complexity index is 376.